The Morgan fingerprint density at radius 2 is 1.75 bits per heavy atom. The first kappa shape index (κ1) is 15.6. The average molecular weight is 321 g/mol. The van der Waals surface area contributed by atoms with Gasteiger partial charge in [-0.25, -0.2) is 4.79 Å². The summed E-state index contributed by atoms with van der Waals surface area (Å²) in [6.45, 7) is 1.65. The molecular formula is C19H15NO4. The summed E-state index contributed by atoms with van der Waals surface area (Å²) in [7, 11) is 0. The maximum Gasteiger partial charge on any atom is 0.335 e. The van der Waals surface area contributed by atoms with Gasteiger partial charge in [0, 0.05) is 22.2 Å². The number of rotatable bonds is 3. The Labute approximate surface area is 138 Å². The minimum Gasteiger partial charge on any atom is -0.508 e. The summed E-state index contributed by atoms with van der Waals surface area (Å²) in [5, 5.41) is 23.2. The normalized spacial score (nSPS) is 10.5. The molecule has 5 nitrogen and oxygen atoms in total. The van der Waals surface area contributed by atoms with E-state index in [0.29, 0.717) is 16.8 Å². The molecule has 3 aromatic carbocycles. The number of carbonyl (C=O) groups is 2. The Morgan fingerprint density at radius 3 is 2.50 bits per heavy atom. The van der Waals surface area contributed by atoms with Gasteiger partial charge in [-0.2, -0.15) is 0 Å². The Kier molecular flexibility index (Phi) is 3.92. The number of nitrogens with one attached hydrogen (secondary N) is 1. The average Bonchev–Trinajstić information content (AvgIpc) is 2.57. The second-order valence-corrected chi connectivity index (χ2v) is 5.45. The lowest BCUT2D eigenvalue weighted by Gasteiger charge is -2.12. The van der Waals surface area contributed by atoms with E-state index in [1.165, 1.54) is 12.1 Å². The standard InChI is InChI=1S/C19H15NO4/c1-11-14(7-4-8-17(11)21)18(22)20-16-10-13(19(23)24)9-12-5-2-3-6-15(12)16/h2-10,21H,1H3,(H,20,22)(H,23,24). The molecule has 0 aliphatic carbocycles. The van der Waals surface area contributed by atoms with Gasteiger partial charge in [0.05, 0.1) is 5.56 Å². The molecule has 1 amide bonds. The molecule has 0 saturated heterocycles. The molecule has 0 bridgehead atoms. The predicted octanol–water partition coefficient (Wildman–Crippen LogP) is 3.80. The van der Waals surface area contributed by atoms with Gasteiger partial charge >= 0.3 is 5.97 Å². The van der Waals surface area contributed by atoms with Crippen molar-refractivity contribution in [1.29, 1.82) is 0 Å². The van der Waals surface area contributed by atoms with Crippen LogP contribution in [0.1, 0.15) is 26.3 Å². The molecule has 0 fully saturated rings. The maximum absolute atomic E-state index is 12.5. The number of aromatic carboxylic acids is 1. The number of fused-ring (bicyclic) bond motifs is 1. The lowest BCUT2D eigenvalue weighted by molar-refractivity contribution is 0.0696. The van der Waals surface area contributed by atoms with Crippen LogP contribution in [0.2, 0.25) is 0 Å². The molecule has 0 unspecified atom stereocenters. The fourth-order valence-electron chi connectivity index (χ4n) is 2.60. The number of hydrogen-bond donors (Lipinski definition) is 3. The lowest BCUT2D eigenvalue weighted by Crippen LogP contribution is -2.14. The number of carbonyl (C=O) groups excluding carboxylic acids is 1. The molecule has 0 aromatic heterocycles. The molecule has 0 spiro atoms. The maximum atomic E-state index is 12.5. The molecule has 3 aromatic rings. The van der Waals surface area contributed by atoms with Crippen LogP contribution in [0, 0.1) is 6.92 Å². The van der Waals surface area contributed by atoms with Gasteiger partial charge in [-0.1, -0.05) is 30.3 Å². The van der Waals surface area contributed by atoms with Gasteiger partial charge < -0.3 is 15.5 Å². The van der Waals surface area contributed by atoms with E-state index < -0.39 is 11.9 Å². The van der Waals surface area contributed by atoms with E-state index in [4.69, 9.17) is 0 Å². The highest BCUT2D eigenvalue weighted by Crippen LogP contribution is 2.27. The van der Waals surface area contributed by atoms with Crippen molar-refractivity contribution in [2.75, 3.05) is 5.32 Å². The van der Waals surface area contributed by atoms with Crippen molar-refractivity contribution in [3.05, 3.63) is 71.3 Å². The van der Waals surface area contributed by atoms with Gasteiger partial charge in [-0.3, -0.25) is 4.79 Å². The fourth-order valence-corrected chi connectivity index (χ4v) is 2.60. The van der Waals surface area contributed by atoms with Crippen LogP contribution in [0.4, 0.5) is 5.69 Å². The summed E-state index contributed by atoms with van der Waals surface area (Å²) >= 11 is 0. The highest BCUT2D eigenvalue weighted by Gasteiger charge is 2.15. The number of phenols is 1. The number of amides is 1. The van der Waals surface area contributed by atoms with Crippen molar-refractivity contribution in [3.63, 3.8) is 0 Å². The van der Waals surface area contributed by atoms with Crippen molar-refractivity contribution in [1.82, 2.24) is 0 Å². The van der Waals surface area contributed by atoms with Crippen LogP contribution in [-0.2, 0) is 0 Å². The number of carboxylic acids is 1. The van der Waals surface area contributed by atoms with Crippen LogP contribution in [-0.4, -0.2) is 22.1 Å². The number of aromatic hydroxyl groups is 1. The summed E-state index contributed by atoms with van der Waals surface area (Å²) in [6.07, 6.45) is 0. The molecule has 0 heterocycles. The van der Waals surface area contributed by atoms with Gasteiger partial charge in [-0.05, 0) is 36.6 Å². The smallest absolute Gasteiger partial charge is 0.335 e. The zero-order valence-electron chi connectivity index (χ0n) is 12.9. The minimum atomic E-state index is -1.07. The Balaban J connectivity index is 2.07. The summed E-state index contributed by atoms with van der Waals surface area (Å²) < 4.78 is 0. The quantitative estimate of drug-likeness (QED) is 0.685. The predicted molar refractivity (Wildman–Crippen MR) is 91.7 cm³/mol. The van der Waals surface area contributed by atoms with Gasteiger partial charge in [-0.15, -0.1) is 0 Å². The van der Waals surface area contributed by atoms with Crippen LogP contribution >= 0.6 is 0 Å². The molecular weight excluding hydrogens is 306 g/mol. The van der Waals surface area contributed by atoms with E-state index in [9.17, 15) is 19.8 Å². The summed E-state index contributed by atoms with van der Waals surface area (Å²) in [4.78, 5) is 23.8. The summed E-state index contributed by atoms with van der Waals surface area (Å²) in [5.74, 6) is -1.44. The van der Waals surface area contributed by atoms with Gasteiger partial charge in [0.1, 0.15) is 5.75 Å². The molecule has 24 heavy (non-hydrogen) atoms. The van der Waals surface area contributed by atoms with E-state index >= 15 is 0 Å². The Morgan fingerprint density at radius 1 is 1.00 bits per heavy atom. The Bertz CT molecular complexity index is 963. The molecule has 0 aliphatic rings. The number of anilines is 1. The zero-order valence-corrected chi connectivity index (χ0v) is 12.9. The topological polar surface area (TPSA) is 86.6 Å². The van der Waals surface area contributed by atoms with E-state index in [2.05, 4.69) is 5.32 Å². The molecule has 3 rings (SSSR count). The zero-order chi connectivity index (χ0) is 17.3. The van der Waals surface area contributed by atoms with Crippen molar-refractivity contribution in [2.24, 2.45) is 0 Å². The van der Waals surface area contributed by atoms with Crippen LogP contribution in [0.3, 0.4) is 0 Å². The molecule has 120 valence electrons. The van der Waals surface area contributed by atoms with Crippen LogP contribution in [0.15, 0.2) is 54.6 Å². The molecule has 0 radical (unpaired) electrons. The van der Waals surface area contributed by atoms with Crippen LogP contribution in [0.25, 0.3) is 10.8 Å². The molecule has 0 atom stereocenters. The third-order valence-corrected chi connectivity index (χ3v) is 3.91. The largest absolute Gasteiger partial charge is 0.508 e. The van der Waals surface area contributed by atoms with Gasteiger partial charge in [0.15, 0.2) is 0 Å². The number of benzene rings is 3. The van der Waals surface area contributed by atoms with Gasteiger partial charge in [0.2, 0.25) is 0 Å². The monoisotopic (exact) mass is 321 g/mol. The van der Waals surface area contributed by atoms with Crippen LogP contribution < -0.4 is 5.32 Å². The highest BCUT2D eigenvalue weighted by atomic mass is 16.4. The van der Waals surface area contributed by atoms with Gasteiger partial charge in [0.25, 0.3) is 5.91 Å². The highest BCUT2D eigenvalue weighted by molar-refractivity contribution is 6.11. The number of hydrogen-bond acceptors (Lipinski definition) is 3. The third-order valence-electron chi connectivity index (χ3n) is 3.91. The van der Waals surface area contributed by atoms with E-state index in [1.54, 1.807) is 37.3 Å². The molecule has 0 aliphatic heterocycles. The van der Waals surface area contributed by atoms with Crippen molar-refractivity contribution in [2.45, 2.75) is 6.92 Å². The van der Waals surface area contributed by atoms with E-state index in [1.807, 2.05) is 12.1 Å². The second-order valence-electron chi connectivity index (χ2n) is 5.45. The van der Waals surface area contributed by atoms with Crippen LogP contribution in [0.5, 0.6) is 5.75 Å². The molecule has 3 N–H and O–H groups in total. The summed E-state index contributed by atoms with van der Waals surface area (Å²) in [5.41, 5.74) is 1.31. The summed E-state index contributed by atoms with van der Waals surface area (Å²) in [6, 6.07) is 14.9. The first-order chi connectivity index (χ1) is 11.5. The SMILES string of the molecule is Cc1c(O)cccc1C(=O)Nc1cc(C(=O)O)cc2ccccc12. The number of phenolic OH excluding ortho intramolecular Hbond substituents is 1. The second kappa shape index (κ2) is 6.04. The van der Waals surface area contributed by atoms with Crippen molar-refractivity contribution >= 4 is 28.3 Å². The van der Waals surface area contributed by atoms with E-state index in [-0.39, 0.29) is 11.3 Å². The minimum absolute atomic E-state index is 0.0341. The van der Waals surface area contributed by atoms with E-state index in [0.717, 1.165) is 10.8 Å². The Hall–Kier alpha value is -3.34. The first-order valence-corrected chi connectivity index (χ1v) is 7.33. The number of carboxylic acid groups (broad SMARTS) is 1. The third kappa shape index (κ3) is 2.79. The molecule has 5 heteroatoms. The van der Waals surface area contributed by atoms with Crippen molar-refractivity contribution in [3.8, 4) is 5.75 Å². The molecule has 0 saturated carbocycles. The lowest BCUT2D eigenvalue weighted by atomic mass is 10.0. The fraction of sp³-hybridized carbons (Fsp3) is 0.0526. The van der Waals surface area contributed by atoms with Crippen molar-refractivity contribution < 1.29 is 19.8 Å². The first-order valence-electron chi connectivity index (χ1n) is 7.33.